The zero-order valence-corrected chi connectivity index (χ0v) is 16.8. The molecule has 0 saturated heterocycles. The average Bonchev–Trinajstić information content (AvgIpc) is 3.44. The van der Waals surface area contributed by atoms with Crippen LogP contribution in [0.5, 0.6) is 0 Å². The molecule has 0 radical (unpaired) electrons. The number of carbonyl (C=O) groups is 1. The highest BCUT2D eigenvalue weighted by Gasteiger charge is 2.17. The van der Waals surface area contributed by atoms with E-state index in [9.17, 15) is 4.79 Å². The molecule has 0 saturated carbocycles. The fraction of sp³-hybridized carbons (Fsp3) is 0.150. The number of aromatic nitrogens is 3. The van der Waals surface area contributed by atoms with E-state index in [1.165, 1.54) is 11.8 Å². The van der Waals surface area contributed by atoms with Crippen LogP contribution < -0.4 is 5.32 Å². The minimum Gasteiger partial charge on any atom is -0.467 e. The molecule has 8 heteroatoms. The number of hydrogen-bond donors (Lipinski definition) is 1. The number of nitrogens with zero attached hydrogens (tertiary/aromatic N) is 3. The van der Waals surface area contributed by atoms with Crippen LogP contribution in [0.1, 0.15) is 11.3 Å². The zero-order chi connectivity index (χ0) is 19.3. The maximum atomic E-state index is 12.4. The molecule has 28 heavy (non-hydrogen) atoms. The lowest BCUT2D eigenvalue weighted by Gasteiger charge is -2.09. The van der Waals surface area contributed by atoms with Crippen molar-refractivity contribution in [3.63, 3.8) is 0 Å². The number of thiophene rings is 1. The van der Waals surface area contributed by atoms with Gasteiger partial charge in [0.15, 0.2) is 11.0 Å². The molecule has 4 rings (SSSR count). The van der Waals surface area contributed by atoms with Crippen molar-refractivity contribution in [2.45, 2.75) is 18.6 Å². The molecular formula is C20H18N4O2S2. The molecule has 0 fully saturated rings. The first-order chi connectivity index (χ1) is 13.7. The molecule has 0 spiro atoms. The maximum Gasteiger partial charge on any atom is 0.234 e. The summed E-state index contributed by atoms with van der Waals surface area (Å²) in [5.74, 6) is 1.75. The van der Waals surface area contributed by atoms with Gasteiger partial charge in [-0.3, -0.25) is 9.36 Å². The predicted octanol–water partition coefficient (Wildman–Crippen LogP) is 4.69. The van der Waals surface area contributed by atoms with Crippen molar-refractivity contribution in [3.8, 4) is 10.7 Å². The Labute approximate surface area is 170 Å². The second-order valence-electron chi connectivity index (χ2n) is 6.10. The van der Waals surface area contributed by atoms with Crippen LogP contribution >= 0.6 is 23.1 Å². The van der Waals surface area contributed by atoms with Crippen molar-refractivity contribution in [2.75, 3.05) is 11.1 Å². The number of furan rings is 1. The Hall–Kier alpha value is -2.84. The first kappa shape index (κ1) is 18.5. The van der Waals surface area contributed by atoms with Crippen molar-refractivity contribution >= 4 is 34.7 Å². The monoisotopic (exact) mass is 410 g/mol. The third-order valence-corrected chi connectivity index (χ3v) is 5.94. The zero-order valence-electron chi connectivity index (χ0n) is 15.2. The van der Waals surface area contributed by atoms with E-state index in [4.69, 9.17) is 4.42 Å². The highest BCUT2D eigenvalue weighted by atomic mass is 32.2. The third kappa shape index (κ3) is 4.18. The number of para-hydroxylation sites is 1. The lowest BCUT2D eigenvalue weighted by atomic mass is 10.2. The molecule has 3 aromatic heterocycles. The summed E-state index contributed by atoms with van der Waals surface area (Å²) in [4.78, 5) is 13.4. The average molecular weight is 411 g/mol. The van der Waals surface area contributed by atoms with Crippen molar-refractivity contribution < 1.29 is 9.21 Å². The van der Waals surface area contributed by atoms with Crippen molar-refractivity contribution in [1.29, 1.82) is 0 Å². The van der Waals surface area contributed by atoms with Gasteiger partial charge in [0.25, 0.3) is 0 Å². The van der Waals surface area contributed by atoms with Crippen LogP contribution in [0.2, 0.25) is 0 Å². The van der Waals surface area contributed by atoms with E-state index in [0.29, 0.717) is 11.7 Å². The Kier molecular flexibility index (Phi) is 5.59. The van der Waals surface area contributed by atoms with E-state index in [2.05, 4.69) is 15.5 Å². The summed E-state index contributed by atoms with van der Waals surface area (Å²) in [7, 11) is 0. The first-order valence-electron chi connectivity index (χ1n) is 8.68. The quantitative estimate of drug-likeness (QED) is 0.448. The number of hydrogen-bond acceptors (Lipinski definition) is 6. The highest BCUT2D eigenvalue weighted by Crippen LogP contribution is 2.28. The van der Waals surface area contributed by atoms with E-state index in [-0.39, 0.29) is 11.7 Å². The van der Waals surface area contributed by atoms with E-state index in [1.807, 2.05) is 65.4 Å². The molecule has 0 bridgehead atoms. The summed E-state index contributed by atoms with van der Waals surface area (Å²) in [6, 6.07) is 15.5. The van der Waals surface area contributed by atoms with Gasteiger partial charge in [0.2, 0.25) is 5.91 Å². The summed E-state index contributed by atoms with van der Waals surface area (Å²) in [6.07, 6.45) is 1.65. The number of aryl methyl sites for hydroxylation is 1. The Morgan fingerprint density at radius 1 is 1.18 bits per heavy atom. The Morgan fingerprint density at radius 2 is 2.07 bits per heavy atom. The van der Waals surface area contributed by atoms with Gasteiger partial charge in [-0.25, -0.2) is 0 Å². The van der Waals surface area contributed by atoms with Gasteiger partial charge < -0.3 is 9.73 Å². The van der Waals surface area contributed by atoms with Gasteiger partial charge in [0.1, 0.15) is 5.76 Å². The van der Waals surface area contributed by atoms with Crippen molar-refractivity contribution in [1.82, 2.24) is 14.8 Å². The van der Waals surface area contributed by atoms with Crippen LogP contribution in [-0.4, -0.2) is 26.4 Å². The molecule has 0 aliphatic heterocycles. The standard InChI is InChI=1S/C20H18N4O2S2/c1-14-6-2-3-8-16(14)21-18(25)13-28-20-23-22-19(17-9-5-11-27-17)24(20)12-15-7-4-10-26-15/h2-11H,12-13H2,1H3,(H,21,25). The van der Waals surface area contributed by atoms with Gasteiger partial charge in [0, 0.05) is 5.69 Å². The van der Waals surface area contributed by atoms with Crippen LogP contribution in [0.15, 0.2) is 69.7 Å². The molecule has 6 nitrogen and oxygen atoms in total. The molecule has 142 valence electrons. The summed E-state index contributed by atoms with van der Waals surface area (Å²) in [6.45, 7) is 2.48. The molecule has 0 aliphatic carbocycles. The number of thioether (sulfide) groups is 1. The smallest absolute Gasteiger partial charge is 0.234 e. The largest absolute Gasteiger partial charge is 0.467 e. The predicted molar refractivity (Wildman–Crippen MR) is 112 cm³/mol. The third-order valence-electron chi connectivity index (χ3n) is 4.10. The number of rotatable bonds is 7. The van der Waals surface area contributed by atoms with Crippen LogP contribution in [0, 0.1) is 6.92 Å². The lowest BCUT2D eigenvalue weighted by molar-refractivity contribution is -0.113. The molecule has 1 aromatic carbocycles. The van der Waals surface area contributed by atoms with Crippen molar-refractivity contribution in [3.05, 3.63) is 71.5 Å². The lowest BCUT2D eigenvalue weighted by Crippen LogP contribution is -2.15. The van der Waals surface area contributed by atoms with E-state index < -0.39 is 0 Å². The topological polar surface area (TPSA) is 73.0 Å². The second-order valence-corrected chi connectivity index (χ2v) is 7.99. The van der Waals surface area contributed by atoms with Crippen LogP contribution in [-0.2, 0) is 11.3 Å². The van der Waals surface area contributed by atoms with Crippen LogP contribution in [0.4, 0.5) is 5.69 Å². The molecule has 1 amide bonds. The van der Waals surface area contributed by atoms with E-state index in [1.54, 1.807) is 17.6 Å². The minimum atomic E-state index is -0.0791. The molecule has 4 aromatic rings. The SMILES string of the molecule is Cc1ccccc1NC(=O)CSc1nnc(-c2cccs2)n1Cc1ccco1. The Bertz CT molecular complexity index is 1060. The molecule has 1 N–H and O–H groups in total. The summed E-state index contributed by atoms with van der Waals surface area (Å²) < 4.78 is 7.47. The fourth-order valence-electron chi connectivity index (χ4n) is 2.71. The molecular weight excluding hydrogens is 392 g/mol. The van der Waals surface area contributed by atoms with Crippen LogP contribution in [0.3, 0.4) is 0 Å². The summed E-state index contributed by atoms with van der Waals surface area (Å²) in [5, 5.41) is 14.3. The Balaban J connectivity index is 1.51. The van der Waals surface area contributed by atoms with Gasteiger partial charge >= 0.3 is 0 Å². The number of anilines is 1. The number of nitrogens with one attached hydrogen (secondary N) is 1. The molecule has 0 aliphatic rings. The van der Waals surface area contributed by atoms with Gasteiger partial charge in [-0.2, -0.15) is 0 Å². The van der Waals surface area contributed by atoms with E-state index >= 15 is 0 Å². The van der Waals surface area contributed by atoms with Gasteiger partial charge in [0.05, 0.1) is 23.4 Å². The first-order valence-corrected chi connectivity index (χ1v) is 10.5. The van der Waals surface area contributed by atoms with Gasteiger partial charge in [-0.05, 0) is 42.1 Å². The fourth-order valence-corrected chi connectivity index (χ4v) is 4.17. The van der Waals surface area contributed by atoms with Gasteiger partial charge in [-0.1, -0.05) is 36.0 Å². The Morgan fingerprint density at radius 3 is 2.82 bits per heavy atom. The van der Waals surface area contributed by atoms with Crippen molar-refractivity contribution in [2.24, 2.45) is 0 Å². The van der Waals surface area contributed by atoms with Gasteiger partial charge in [-0.15, -0.1) is 21.5 Å². The number of benzene rings is 1. The maximum absolute atomic E-state index is 12.4. The summed E-state index contributed by atoms with van der Waals surface area (Å²) >= 11 is 2.96. The normalized spacial score (nSPS) is 10.9. The number of amides is 1. The minimum absolute atomic E-state index is 0.0791. The van der Waals surface area contributed by atoms with E-state index in [0.717, 1.165) is 27.7 Å². The summed E-state index contributed by atoms with van der Waals surface area (Å²) in [5.41, 5.74) is 1.85. The highest BCUT2D eigenvalue weighted by molar-refractivity contribution is 7.99. The molecule has 3 heterocycles. The molecule has 0 atom stereocenters. The number of carbonyl (C=O) groups excluding carboxylic acids is 1. The molecule has 0 unspecified atom stereocenters. The second kappa shape index (κ2) is 8.45. The van der Waals surface area contributed by atoms with Crippen LogP contribution in [0.25, 0.3) is 10.7 Å².